The summed E-state index contributed by atoms with van der Waals surface area (Å²) in [7, 11) is 5.73. The monoisotopic (exact) mass is 396 g/mol. The molecule has 1 fully saturated rings. The highest BCUT2D eigenvalue weighted by Crippen LogP contribution is 2.22. The van der Waals surface area contributed by atoms with Crippen LogP contribution < -0.4 is 16.2 Å². The van der Waals surface area contributed by atoms with Gasteiger partial charge in [-0.05, 0) is 44.3 Å². The van der Waals surface area contributed by atoms with E-state index in [1.807, 2.05) is 55.2 Å². The molecular formula is C21H28N6O2. The van der Waals surface area contributed by atoms with Crippen molar-refractivity contribution in [2.45, 2.75) is 12.5 Å². The first-order chi connectivity index (χ1) is 14.0. The van der Waals surface area contributed by atoms with Crippen LogP contribution in [-0.4, -0.2) is 72.5 Å². The molecule has 29 heavy (non-hydrogen) atoms. The average molecular weight is 396 g/mol. The maximum Gasteiger partial charge on any atom is 0.271 e. The van der Waals surface area contributed by atoms with Crippen molar-refractivity contribution in [1.29, 1.82) is 0 Å². The summed E-state index contributed by atoms with van der Waals surface area (Å²) < 4.78 is 0. The molecule has 0 unspecified atom stereocenters. The third kappa shape index (κ3) is 5.45. The van der Waals surface area contributed by atoms with Gasteiger partial charge in [0.1, 0.15) is 11.5 Å². The van der Waals surface area contributed by atoms with Gasteiger partial charge in [0.15, 0.2) is 0 Å². The first-order valence-corrected chi connectivity index (χ1v) is 9.70. The second kappa shape index (κ2) is 9.38. The lowest BCUT2D eigenvalue weighted by atomic mass is 10.1. The highest BCUT2D eigenvalue weighted by molar-refractivity contribution is 5.87. The van der Waals surface area contributed by atoms with Crippen LogP contribution in [-0.2, 0) is 4.79 Å². The van der Waals surface area contributed by atoms with Crippen molar-refractivity contribution >= 4 is 17.4 Å². The summed E-state index contributed by atoms with van der Waals surface area (Å²) in [6.45, 7) is 1.98. The molecule has 3 heterocycles. The largest absolute Gasteiger partial charge is 0.376 e. The first-order valence-electron chi connectivity index (χ1n) is 9.70. The maximum atomic E-state index is 12.3. The number of hydrogen-bond acceptors (Lipinski definition) is 6. The summed E-state index contributed by atoms with van der Waals surface area (Å²) in [5.41, 5.74) is 2.18. The number of hydrogen-bond donors (Lipinski definition) is 3. The van der Waals surface area contributed by atoms with Crippen molar-refractivity contribution in [1.82, 2.24) is 19.8 Å². The lowest BCUT2D eigenvalue weighted by Gasteiger charge is -2.16. The third-order valence-corrected chi connectivity index (χ3v) is 4.84. The van der Waals surface area contributed by atoms with E-state index in [0.717, 1.165) is 29.9 Å². The number of likely N-dealkylation sites (N-methyl/N-ethyl adjacent to an activating group) is 1. The van der Waals surface area contributed by atoms with E-state index in [1.165, 1.54) is 0 Å². The SMILES string of the molecule is CNc1cc(-c2c[nH]c(=O)c(N[C@H]3CCN(C(=O)C=CCN(C)C)C3)c2)ccn1. The lowest BCUT2D eigenvalue weighted by Crippen LogP contribution is -2.31. The van der Waals surface area contributed by atoms with Crippen molar-refractivity contribution in [2.75, 3.05) is 51.4 Å². The van der Waals surface area contributed by atoms with E-state index in [0.29, 0.717) is 18.8 Å². The molecule has 0 radical (unpaired) electrons. The van der Waals surface area contributed by atoms with Gasteiger partial charge in [0.05, 0.1) is 0 Å². The van der Waals surface area contributed by atoms with Crippen LogP contribution in [0.5, 0.6) is 0 Å². The van der Waals surface area contributed by atoms with Gasteiger partial charge in [-0.15, -0.1) is 0 Å². The van der Waals surface area contributed by atoms with Crippen LogP contribution in [0.25, 0.3) is 11.1 Å². The van der Waals surface area contributed by atoms with E-state index in [-0.39, 0.29) is 17.5 Å². The number of H-pyrrole nitrogens is 1. The van der Waals surface area contributed by atoms with E-state index >= 15 is 0 Å². The van der Waals surface area contributed by atoms with Crippen molar-refractivity contribution in [3.63, 3.8) is 0 Å². The molecule has 8 heteroatoms. The fourth-order valence-corrected chi connectivity index (χ4v) is 3.27. The van der Waals surface area contributed by atoms with E-state index in [2.05, 4.69) is 20.6 Å². The molecule has 1 aliphatic rings. The van der Waals surface area contributed by atoms with E-state index in [9.17, 15) is 9.59 Å². The second-order valence-electron chi connectivity index (χ2n) is 7.39. The topological polar surface area (TPSA) is 93.4 Å². The van der Waals surface area contributed by atoms with Gasteiger partial charge in [-0.2, -0.15) is 0 Å². The number of carbonyl (C=O) groups is 1. The van der Waals surface area contributed by atoms with Gasteiger partial charge in [0.2, 0.25) is 5.91 Å². The van der Waals surface area contributed by atoms with Gasteiger partial charge < -0.3 is 25.4 Å². The number of amides is 1. The van der Waals surface area contributed by atoms with Crippen molar-refractivity contribution in [2.24, 2.45) is 0 Å². The van der Waals surface area contributed by atoms with Crippen LogP contribution in [0.15, 0.2) is 47.5 Å². The predicted molar refractivity (Wildman–Crippen MR) is 116 cm³/mol. The van der Waals surface area contributed by atoms with Crippen LogP contribution in [0.1, 0.15) is 6.42 Å². The molecule has 3 N–H and O–H groups in total. The standard InChI is InChI=1S/C21H28N6O2/c1-22-19-12-15(6-8-23-19)16-11-18(21(29)24-13-16)25-17-7-10-27(14-17)20(28)5-4-9-26(2)3/h4-6,8,11-13,17,25H,7,9-10,14H2,1-3H3,(H,22,23)(H,24,29)/t17-/m0/s1. The molecule has 154 valence electrons. The number of nitrogens with one attached hydrogen (secondary N) is 3. The Morgan fingerprint density at radius 2 is 2.21 bits per heavy atom. The number of aromatic amines is 1. The lowest BCUT2D eigenvalue weighted by molar-refractivity contribution is -0.125. The Labute approximate surface area is 170 Å². The summed E-state index contributed by atoms with van der Waals surface area (Å²) >= 11 is 0. The van der Waals surface area contributed by atoms with E-state index in [4.69, 9.17) is 0 Å². The Morgan fingerprint density at radius 1 is 1.38 bits per heavy atom. The molecule has 2 aromatic heterocycles. The highest BCUT2D eigenvalue weighted by atomic mass is 16.2. The molecule has 0 saturated carbocycles. The Morgan fingerprint density at radius 3 is 2.97 bits per heavy atom. The van der Waals surface area contributed by atoms with Gasteiger partial charge >= 0.3 is 0 Å². The van der Waals surface area contributed by atoms with Crippen LogP contribution in [0, 0.1) is 0 Å². The van der Waals surface area contributed by atoms with Crippen LogP contribution in [0.4, 0.5) is 11.5 Å². The molecule has 8 nitrogen and oxygen atoms in total. The van der Waals surface area contributed by atoms with Gasteiger partial charge in [-0.25, -0.2) is 4.98 Å². The maximum absolute atomic E-state index is 12.3. The summed E-state index contributed by atoms with van der Waals surface area (Å²) in [5.74, 6) is 0.769. The number of pyridine rings is 2. The highest BCUT2D eigenvalue weighted by Gasteiger charge is 2.25. The van der Waals surface area contributed by atoms with Crippen LogP contribution >= 0.6 is 0 Å². The Hall–Kier alpha value is -3.13. The average Bonchev–Trinajstić information content (AvgIpc) is 3.18. The quantitative estimate of drug-likeness (QED) is 0.616. The second-order valence-corrected chi connectivity index (χ2v) is 7.39. The third-order valence-electron chi connectivity index (χ3n) is 4.84. The van der Waals surface area contributed by atoms with Gasteiger partial charge in [-0.1, -0.05) is 6.08 Å². The normalized spacial score (nSPS) is 16.6. The fourth-order valence-electron chi connectivity index (χ4n) is 3.27. The number of rotatable bonds is 7. The smallest absolute Gasteiger partial charge is 0.271 e. The summed E-state index contributed by atoms with van der Waals surface area (Å²) in [5, 5.41) is 6.32. The number of carbonyl (C=O) groups excluding carboxylic acids is 1. The minimum atomic E-state index is -0.174. The zero-order valence-electron chi connectivity index (χ0n) is 17.1. The number of nitrogens with zero attached hydrogens (tertiary/aromatic N) is 3. The molecule has 0 aliphatic carbocycles. The molecule has 1 atom stereocenters. The summed E-state index contributed by atoms with van der Waals surface area (Å²) in [6.07, 6.45) is 7.71. The number of aromatic nitrogens is 2. The fraction of sp³-hybridized carbons (Fsp3) is 0.381. The van der Waals surface area contributed by atoms with E-state index < -0.39 is 0 Å². The number of likely N-dealkylation sites (tertiary alicyclic amines) is 1. The predicted octanol–water partition coefficient (Wildman–Crippen LogP) is 1.61. The van der Waals surface area contributed by atoms with Crippen LogP contribution in [0.2, 0.25) is 0 Å². The van der Waals surface area contributed by atoms with Crippen molar-refractivity contribution in [3.05, 3.63) is 53.1 Å². The molecule has 1 amide bonds. The van der Waals surface area contributed by atoms with Gasteiger partial charge in [0, 0.05) is 56.8 Å². The van der Waals surface area contributed by atoms with E-state index in [1.54, 1.807) is 18.5 Å². The first kappa shape index (κ1) is 20.6. The Balaban J connectivity index is 1.67. The number of anilines is 2. The molecule has 1 saturated heterocycles. The molecule has 1 aliphatic heterocycles. The van der Waals surface area contributed by atoms with Gasteiger partial charge in [-0.3, -0.25) is 9.59 Å². The zero-order chi connectivity index (χ0) is 20.8. The molecule has 2 aromatic rings. The Kier molecular flexibility index (Phi) is 6.66. The molecule has 3 rings (SSSR count). The van der Waals surface area contributed by atoms with Crippen LogP contribution in [0.3, 0.4) is 0 Å². The minimum absolute atomic E-state index is 0.00944. The van der Waals surface area contributed by atoms with Gasteiger partial charge in [0.25, 0.3) is 5.56 Å². The van der Waals surface area contributed by atoms with Crippen molar-refractivity contribution < 1.29 is 4.79 Å². The zero-order valence-corrected chi connectivity index (χ0v) is 17.1. The Bertz CT molecular complexity index is 937. The molecular weight excluding hydrogens is 368 g/mol. The minimum Gasteiger partial charge on any atom is -0.376 e. The summed E-state index contributed by atoms with van der Waals surface area (Å²) in [4.78, 5) is 35.4. The molecule has 0 aromatic carbocycles. The molecule has 0 spiro atoms. The van der Waals surface area contributed by atoms with Crippen molar-refractivity contribution in [3.8, 4) is 11.1 Å². The summed E-state index contributed by atoms with van der Waals surface area (Å²) in [6, 6.07) is 5.71. The molecule has 0 bridgehead atoms.